The summed E-state index contributed by atoms with van der Waals surface area (Å²) in [5.41, 5.74) is 5.55. The molecule has 1 fully saturated rings. The van der Waals surface area contributed by atoms with E-state index in [1.54, 1.807) is 0 Å². The first kappa shape index (κ1) is 8.20. The van der Waals surface area contributed by atoms with Gasteiger partial charge in [-0.25, -0.2) is 0 Å². The Morgan fingerprint density at radius 2 is 2.09 bits per heavy atom. The van der Waals surface area contributed by atoms with Crippen molar-refractivity contribution in [1.82, 2.24) is 4.90 Å². The molecule has 2 amide bonds. The van der Waals surface area contributed by atoms with Crippen molar-refractivity contribution in [2.75, 3.05) is 7.05 Å². The molecule has 1 aliphatic rings. The summed E-state index contributed by atoms with van der Waals surface area (Å²) in [7, 11) is 1.50. The van der Waals surface area contributed by atoms with E-state index in [0.29, 0.717) is 19.3 Å². The third-order valence-corrected chi connectivity index (χ3v) is 1.91. The second-order valence-corrected chi connectivity index (χ2v) is 2.85. The molecule has 4 heteroatoms. The van der Waals surface area contributed by atoms with Crippen LogP contribution >= 0.6 is 0 Å². The predicted octanol–water partition coefficient (Wildman–Crippen LogP) is -0.517. The van der Waals surface area contributed by atoms with Gasteiger partial charge in [0.1, 0.15) is 0 Å². The van der Waals surface area contributed by atoms with Crippen LogP contribution in [0.2, 0.25) is 0 Å². The number of carbonyl (C=O) groups excluding carboxylic acids is 2. The van der Waals surface area contributed by atoms with Crippen LogP contribution in [0.1, 0.15) is 19.3 Å². The molecular formula is C7H12N2O2. The fourth-order valence-electron chi connectivity index (χ4n) is 1.08. The lowest BCUT2D eigenvalue weighted by atomic mass is 10.1. The summed E-state index contributed by atoms with van der Waals surface area (Å²) in [6, 6.07) is -0.142. The number of hydrogen-bond donors (Lipinski definition) is 1. The summed E-state index contributed by atoms with van der Waals surface area (Å²) in [5.74, 6) is -0.289. The minimum absolute atomic E-state index is 0.122. The van der Waals surface area contributed by atoms with Gasteiger partial charge in [-0.2, -0.15) is 0 Å². The fourth-order valence-corrected chi connectivity index (χ4v) is 1.08. The number of nitrogens with two attached hydrogens (primary N) is 1. The fraction of sp³-hybridized carbons (Fsp3) is 0.714. The van der Waals surface area contributed by atoms with Crippen LogP contribution in [0.4, 0.5) is 0 Å². The van der Waals surface area contributed by atoms with Crippen LogP contribution in [0.15, 0.2) is 0 Å². The molecular weight excluding hydrogens is 144 g/mol. The molecule has 0 aromatic heterocycles. The average Bonchev–Trinajstić information content (AvgIpc) is 2.05. The van der Waals surface area contributed by atoms with Crippen molar-refractivity contribution in [2.24, 2.45) is 5.73 Å². The molecule has 0 radical (unpaired) electrons. The van der Waals surface area contributed by atoms with Crippen molar-refractivity contribution in [3.05, 3.63) is 0 Å². The lowest BCUT2D eigenvalue weighted by molar-refractivity contribution is -0.142. The van der Waals surface area contributed by atoms with E-state index in [0.717, 1.165) is 4.90 Å². The van der Waals surface area contributed by atoms with E-state index in [-0.39, 0.29) is 17.9 Å². The molecule has 1 aliphatic heterocycles. The average molecular weight is 156 g/mol. The van der Waals surface area contributed by atoms with Crippen LogP contribution < -0.4 is 5.73 Å². The highest BCUT2D eigenvalue weighted by atomic mass is 16.2. The van der Waals surface area contributed by atoms with Crippen LogP contribution in [0.5, 0.6) is 0 Å². The van der Waals surface area contributed by atoms with E-state index in [1.807, 2.05) is 0 Å². The van der Waals surface area contributed by atoms with E-state index >= 15 is 0 Å². The van der Waals surface area contributed by atoms with Gasteiger partial charge in [0.15, 0.2) is 0 Å². The van der Waals surface area contributed by atoms with Crippen LogP contribution in [-0.4, -0.2) is 29.8 Å². The summed E-state index contributed by atoms with van der Waals surface area (Å²) in [4.78, 5) is 23.2. The van der Waals surface area contributed by atoms with Gasteiger partial charge in [0, 0.05) is 25.9 Å². The summed E-state index contributed by atoms with van der Waals surface area (Å²) < 4.78 is 0. The molecule has 62 valence electrons. The van der Waals surface area contributed by atoms with Gasteiger partial charge in [-0.1, -0.05) is 0 Å². The molecule has 0 spiro atoms. The van der Waals surface area contributed by atoms with Gasteiger partial charge < -0.3 is 5.73 Å². The molecule has 4 nitrogen and oxygen atoms in total. The van der Waals surface area contributed by atoms with Crippen molar-refractivity contribution < 1.29 is 9.59 Å². The lowest BCUT2D eigenvalue weighted by Crippen LogP contribution is -2.32. The highest BCUT2D eigenvalue weighted by Crippen LogP contribution is 2.09. The number of imide groups is 1. The van der Waals surface area contributed by atoms with E-state index in [1.165, 1.54) is 7.05 Å². The van der Waals surface area contributed by atoms with Crippen molar-refractivity contribution in [1.29, 1.82) is 0 Å². The van der Waals surface area contributed by atoms with Gasteiger partial charge in [0.05, 0.1) is 0 Å². The second-order valence-electron chi connectivity index (χ2n) is 2.85. The van der Waals surface area contributed by atoms with Crippen molar-refractivity contribution in [3.8, 4) is 0 Å². The Bertz CT molecular complexity index is 191. The molecule has 0 bridgehead atoms. The third kappa shape index (κ3) is 1.77. The largest absolute Gasteiger partial charge is 0.327 e. The van der Waals surface area contributed by atoms with Gasteiger partial charge in [0.2, 0.25) is 11.8 Å². The number of nitrogens with zero attached hydrogens (tertiary/aromatic N) is 1. The molecule has 0 aromatic carbocycles. The third-order valence-electron chi connectivity index (χ3n) is 1.91. The van der Waals surface area contributed by atoms with Crippen molar-refractivity contribution >= 4 is 11.8 Å². The SMILES string of the molecule is CN1C(=O)CCC(N)CC1=O. The van der Waals surface area contributed by atoms with Gasteiger partial charge in [-0.05, 0) is 6.42 Å². The number of amides is 2. The van der Waals surface area contributed by atoms with Crippen LogP contribution in [0, 0.1) is 0 Å². The summed E-state index contributed by atoms with van der Waals surface area (Å²) in [6.45, 7) is 0. The van der Waals surface area contributed by atoms with Crippen LogP contribution in [0.3, 0.4) is 0 Å². The highest BCUT2D eigenvalue weighted by Gasteiger charge is 2.23. The molecule has 0 aliphatic carbocycles. The van der Waals surface area contributed by atoms with Crippen molar-refractivity contribution in [2.45, 2.75) is 25.3 Å². The Kier molecular flexibility index (Phi) is 2.24. The molecule has 1 atom stereocenters. The van der Waals surface area contributed by atoms with E-state index in [4.69, 9.17) is 5.73 Å². The van der Waals surface area contributed by atoms with Gasteiger partial charge in [-0.3, -0.25) is 14.5 Å². The molecule has 1 unspecified atom stereocenters. The first-order chi connectivity index (χ1) is 5.11. The smallest absolute Gasteiger partial charge is 0.230 e. The molecule has 11 heavy (non-hydrogen) atoms. The van der Waals surface area contributed by atoms with E-state index in [9.17, 15) is 9.59 Å². The maximum atomic E-state index is 11.1. The minimum Gasteiger partial charge on any atom is -0.327 e. The Hall–Kier alpha value is -0.900. The monoisotopic (exact) mass is 156 g/mol. The van der Waals surface area contributed by atoms with E-state index < -0.39 is 0 Å². The molecule has 1 heterocycles. The Morgan fingerprint density at radius 3 is 2.73 bits per heavy atom. The van der Waals surface area contributed by atoms with Crippen LogP contribution in [-0.2, 0) is 9.59 Å². The first-order valence-electron chi connectivity index (χ1n) is 3.66. The lowest BCUT2D eigenvalue weighted by Gasteiger charge is -2.10. The number of rotatable bonds is 0. The Morgan fingerprint density at radius 1 is 1.45 bits per heavy atom. The Balaban J connectivity index is 2.69. The predicted molar refractivity (Wildman–Crippen MR) is 39.6 cm³/mol. The molecule has 0 aromatic rings. The maximum Gasteiger partial charge on any atom is 0.230 e. The number of hydrogen-bond acceptors (Lipinski definition) is 3. The zero-order valence-corrected chi connectivity index (χ0v) is 6.54. The molecule has 1 rings (SSSR count). The second kappa shape index (κ2) is 3.00. The minimum atomic E-state index is -0.167. The van der Waals surface area contributed by atoms with E-state index in [2.05, 4.69) is 0 Å². The topological polar surface area (TPSA) is 63.4 Å². The first-order valence-corrected chi connectivity index (χ1v) is 3.66. The van der Waals surface area contributed by atoms with Gasteiger partial charge in [-0.15, -0.1) is 0 Å². The summed E-state index contributed by atoms with van der Waals surface area (Å²) in [6.07, 6.45) is 1.31. The quantitative estimate of drug-likeness (QED) is 0.480. The maximum absolute atomic E-state index is 11.1. The van der Waals surface area contributed by atoms with Crippen molar-refractivity contribution in [3.63, 3.8) is 0 Å². The number of likely N-dealkylation sites (tertiary alicyclic amines) is 1. The standard InChI is InChI=1S/C7H12N2O2/c1-9-6(10)3-2-5(8)4-7(9)11/h5H,2-4,8H2,1H3. The molecule has 0 saturated carbocycles. The van der Waals surface area contributed by atoms with Gasteiger partial charge in [0.25, 0.3) is 0 Å². The summed E-state index contributed by atoms with van der Waals surface area (Å²) >= 11 is 0. The van der Waals surface area contributed by atoms with Crippen LogP contribution in [0.25, 0.3) is 0 Å². The zero-order chi connectivity index (χ0) is 8.43. The highest BCUT2D eigenvalue weighted by molar-refractivity contribution is 5.96. The number of carbonyl (C=O) groups is 2. The molecule has 1 saturated heterocycles. The normalized spacial score (nSPS) is 27.1. The zero-order valence-electron chi connectivity index (χ0n) is 6.54. The molecule has 2 N–H and O–H groups in total. The Labute approximate surface area is 65.3 Å². The van der Waals surface area contributed by atoms with Gasteiger partial charge >= 0.3 is 0 Å². The summed E-state index contributed by atoms with van der Waals surface area (Å²) in [5, 5.41) is 0.